The molecule has 2 heterocycles. The van der Waals surface area contributed by atoms with Crippen molar-refractivity contribution in [2.45, 2.75) is 18.9 Å². The minimum atomic E-state index is -0.400. The smallest absolute Gasteiger partial charge is 0.338 e. The number of aromatic nitrogens is 1. The molecule has 2 aromatic carbocycles. The maximum absolute atomic E-state index is 13.2. The number of ether oxygens (including phenoxy) is 2. The van der Waals surface area contributed by atoms with Gasteiger partial charge in [0.2, 0.25) is 0 Å². The molecule has 1 aliphatic heterocycles. The number of benzene rings is 2. The van der Waals surface area contributed by atoms with Crippen LogP contribution in [0.25, 0.3) is 22.2 Å². The predicted octanol–water partition coefficient (Wildman–Crippen LogP) is 4.38. The summed E-state index contributed by atoms with van der Waals surface area (Å²) in [5, 5.41) is 0.732. The van der Waals surface area contributed by atoms with Crippen LogP contribution in [0.3, 0.4) is 0 Å². The van der Waals surface area contributed by atoms with Crippen LogP contribution >= 0.6 is 0 Å². The summed E-state index contributed by atoms with van der Waals surface area (Å²) in [6.45, 7) is 0.969. The number of pyridine rings is 1. The van der Waals surface area contributed by atoms with E-state index in [9.17, 15) is 9.18 Å². The Morgan fingerprint density at radius 2 is 2.00 bits per heavy atom. The number of rotatable bonds is 4. The third-order valence-electron chi connectivity index (χ3n) is 4.50. The maximum atomic E-state index is 13.2. The number of halogens is 1. The van der Waals surface area contributed by atoms with Crippen LogP contribution < -0.4 is 0 Å². The van der Waals surface area contributed by atoms with Gasteiger partial charge in [-0.25, -0.2) is 14.2 Å². The molecule has 1 fully saturated rings. The first-order valence-corrected chi connectivity index (χ1v) is 8.65. The highest BCUT2D eigenvalue weighted by molar-refractivity contribution is 6.04. The van der Waals surface area contributed by atoms with Gasteiger partial charge in [0.25, 0.3) is 0 Å². The van der Waals surface area contributed by atoms with Crippen LogP contribution in [-0.4, -0.2) is 30.3 Å². The molecule has 3 aromatic rings. The van der Waals surface area contributed by atoms with Crippen LogP contribution in [0.15, 0.2) is 54.6 Å². The van der Waals surface area contributed by atoms with Crippen molar-refractivity contribution in [2.24, 2.45) is 0 Å². The lowest BCUT2D eigenvalue weighted by molar-refractivity contribution is 0.0163. The first kappa shape index (κ1) is 16.7. The van der Waals surface area contributed by atoms with E-state index in [1.54, 1.807) is 18.2 Å². The van der Waals surface area contributed by atoms with Gasteiger partial charge in [0, 0.05) is 17.6 Å². The third-order valence-corrected chi connectivity index (χ3v) is 4.50. The standard InChI is InChI=1S/C21H18FNO3/c22-15-9-7-14(8-10-15)20-12-18(17-5-1-2-6-19(17)23-20)21(24)26-13-16-4-3-11-25-16/h1-2,5-10,12,16H,3-4,11,13H2/t16-/m0/s1. The monoisotopic (exact) mass is 351 g/mol. The Kier molecular flexibility index (Phi) is 4.63. The Hall–Kier alpha value is -2.79. The number of fused-ring (bicyclic) bond motifs is 1. The van der Waals surface area contributed by atoms with E-state index in [0.29, 0.717) is 16.8 Å². The molecule has 0 spiro atoms. The summed E-state index contributed by atoms with van der Waals surface area (Å²) in [6, 6.07) is 15.2. The molecule has 1 aliphatic rings. The molecular formula is C21H18FNO3. The van der Waals surface area contributed by atoms with Crippen molar-refractivity contribution in [3.63, 3.8) is 0 Å². The fraction of sp³-hybridized carbons (Fsp3) is 0.238. The van der Waals surface area contributed by atoms with E-state index >= 15 is 0 Å². The second kappa shape index (κ2) is 7.22. The molecule has 0 saturated carbocycles. The fourth-order valence-electron chi connectivity index (χ4n) is 3.13. The van der Waals surface area contributed by atoms with E-state index in [0.717, 1.165) is 30.4 Å². The molecule has 4 rings (SSSR count). The molecule has 1 atom stereocenters. The van der Waals surface area contributed by atoms with Gasteiger partial charge >= 0.3 is 5.97 Å². The van der Waals surface area contributed by atoms with E-state index in [2.05, 4.69) is 4.98 Å². The van der Waals surface area contributed by atoms with Gasteiger partial charge in [0.1, 0.15) is 12.4 Å². The molecule has 0 radical (unpaired) electrons. The third kappa shape index (κ3) is 3.44. The predicted molar refractivity (Wildman–Crippen MR) is 96.4 cm³/mol. The van der Waals surface area contributed by atoms with E-state index in [1.807, 2.05) is 24.3 Å². The van der Waals surface area contributed by atoms with Crippen LogP contribution in [0.1, 0.15) is 23.2 Å². The zero-order valence-electron chi connectivity index (χ0n) is 14.2. The summed E-state index contributed by atoms with van der Waals surface area (Å²) in [6.07, 6.45) is 1.88. The van der Waals surface area contributed by atoms with Crippen molar-refractivity contribution in [2.75, 3.05) is 13.2 Å². The van der Waals surface area contributed by atoms with Gasteiger partial charge in [-0.3, -0.25) is 0 Å². The van der Waals surface area contributed by atoms with Gasteiger partial charge < -0.3 is 9.47 Å². The minimum absolute atomic E-state index is 0.0244. The van der Waals surface area contributed by atoms with Crippen LogP contribution in [0.5, 0.6) is 0 Å². The molecule has 26 heavy (non-hydrogen) atoms. The van der Waals surface area contributed by atoms with E-state index in [1.165, 1.54) is 12.1 Å². The lowest BCUT2D eigenvalue weighted by atomic mass is 10.0. The molecule has 0 unspecified atom stereocenters. The Morgan fingerprint density at radius 1 is 1.19 bits per heavy atom. The molecule has 1 aromatic heterocycles. The summed E-state index contributed by atoms with van der Waals surface area (Å²) in [5.41, 5.74) is 2.49. The first-order chi connectivity index (χ1) is 12.7. The molecule has 5 heteroatoms. The SMILES string of the molecule is O=C(OC[C@@H]1CCCO1)c1cc(-c2ccc(F)cc2)nc2ccccc12. The van der Waals surface area contributed by atoms with Crippen molar-refractivity contribution in [3.05, 3.63) is 66.0 Å². The van der Waals surface area contributed by atoms with Gasteiger partial charge in [0.15, 0.2) is 0 Å². The molecule has 0 bridgehead atoms. The molecule has 0 N–H and O–H groups in total. The molecule has 0 aliphatic carbocycles. The van der Waals surface area contributed by atoms with E-state index in [4.69, 9.17) is 9.47 Å². The van der Waals surface area contributed by atoms with Gasteiger partial charge in [-0.05, 0) is 49.2 Å². The molecule has 0 amide bonds. The lowest BCUT2D eigenvalue weighted by Gasteiger charge is -2.12. The molecule has 4 nitrogen and oxygen atoms in total. The Balaban J connectivity index is 1.69. The Labute approximate surface area is 150 Å². The van der Waals surface area contributed by atoms with Crippen molar-refractivity contribution >= 4 is 16.9 Å². The summed E-state index contributed by atoms with van der Waals surface area (Å²) < 4.78 is 24.2. The summed E-state index contributed by atoms with van der Waals surface area (Å²) in [7, 11) is 0. The van der Waals surface area contributed by atoms with E-state index in [-0.39, 0.29) is 18.5 Å². The normalized spacial score (nSPS) is 16.7. The Morgan fingerprint density at radius 3 is 2.77 bits per heavy atom. The minimum Gasteiger partial charge on any atom is -0.459 e. The van der Waals surface area contributed by atoms with Crippen molar-refractivity contribution in [3.8, 4) is 11.3 Å². The fourth-order valence-corrected chi connectivity index (χ4v) is 3.13. The first-order valence-electron chi connectivity index (χ1n) is 8.65. The largest absolute Gasteiger partial charge is 0.459 e. The second-order valence-electron chi connectivity index (χ2n) is 6.31. The number of nitrogens with zero attached hydrogens (tertiary/aromatic N) is 1. The van der Waals surface area contributed by atoms with Gasteiger partial charge in [-0.2, -0.15) is 0 Å². The molecule has 132 valence electrons. The van der Waals surface area contributed by atoms with Gasteiger partial charge in [-0.1, -0.05) is 18.2 Å². The quantitative estimate of drug-likeness (QED) is 0.655. The average molecular weight is 351 g/mol. The molecular weight excluding hydrogens is 333 g/mol. The topological polar surface area (TPSA) is 48.4 Å². The zero-order valence-corrected chi connectivity index (χ0v) is 14.2. The van der Waals surface area contributed by atoms with Gasteiger partial charge in [0.05, 0.1) is 22.9 Å². The van der Waals surface area contributed by atoms with Crippen molar-refractivity contribution in [1.82, 2.24) is 4.98 Å². The number of esters is 1. The van der Waals surface area contributed by atoms with Gasteiger partial charge in [-0.15, -0.1) is 0 Å². The second-order valence-corrected chi connectivity index (χ2v) is 6.31. The lowest BCUT2D eigenvalue weighted by Crippen LogP contribution is -2.18. The highest BCUT2D eigenvalue weighted by atomic mass is 19.1. The molecule has 1 saturated heterocycles. The van der Waals surface area contributed by atoms with Crippen LogP contribution in [0.4, 0.5) is 4.39 Å². The van der Waals surface area contributed by atoms with Crippen molar-refractivity contribution in [1.29, 1.82) is 0 Å². The van der Waals surface area contributed by atoms with Crippen LogP contribution in [0, 0.1) is 5.82 Å². The van der Waals surface area contributed by atoms with E-state index < -0.39 is 5.97 Å². The highest BCUT2D eigenvalue weighted by Gasteiger charge is 2.20. The summed E-state index contributed by atoms with van der Waals surface area (Å²) in [4.78, 5) is 17.3. The number of carbonyl (C=O) groups excluding carboxylic acids is 1. The Bertz CT molecular complexity index is 934. The van der Waals surface area contributed by atoms with Crippen LogP contribution in [-0.2, 0) is 9.47 Å². The van der Waals surface area contributed by atoms with Crippen molar-refractivity contribution < 1.29 is 18.7 Å². The number of hydrogen-bond donors (Lipinski definition) is 0. The highest BCUT2D eigenvalue weighted by Crippen LogP contribution is 2.26. The number of para-hydroxylation sites is 1. The summed E-state index contributed by atoms with van der Waals surface area (Å²) in [5.74, 6) is -0.715. The number of carbonyl (C=O) groups is 1. The number of hydrogen-bond acceptors (Lipinski definition) is 4. The average Bonchev–Trinajstić information content (AvgIpc) is 3.19. The van der Waals surface area contributed by atoms with Crippen LogP contribution in [0.2, 0.25) is 0 Å². The maximum Gasteiger partial charge on any atom is 0.338 e. The zero-order chi connectivity index (χ0) is 17.9. The summed E-state index contributed by atoms with van der Waals surface area (Å²) >= 11 is 0.